The number of aryl methyl sites for hydroxylation is 1. The SMILES string of the molecule is Cc1nnc2n1-c1cccc(C3(C=O)C=CCc4cc(F)ccc43)c1COC2. The van der Waals surface area contributed by atoms with E-state index in [1.165, 1.54) is 12.1 Å². The van der Waals surface area contributed by atoms with Gasteiger partial charge in [0.1, 0.15) is 24.5 Å². The van der Waals surface area contributed by atoms with Crippen molar-refractivity contribution < 1.29 is 13.9 Å². The van der Waals surface area contributed by atoms with Gasteiger partial charge in [-0.3, -0.25) is 4.57 Å². The first kappa shape index (κ1) is 17.0. The molecule has 1 aliphatic carbocycles. The highest BCUT2D eigenvalue weighted by Gasteiger charge is 2.38. The number of hydrogen-bond acceptors (Lipinski definition) is 4. The van der Waals surface area contributed by atoms with Gasteiger partial charge in [-0.25, -0.2) is 4.39 Å². The Hall–Kier alpha value is -3.12. The smallest absolute Gasteiger partial charge is 0.163 e. The predicted molar refractivity (Wildman–Crippen MR) is 101 cm³/mol. The Labute approximate surface area is 161 Å². The summed E-state index contributed by atoms with van der Waals surface area (Å²) in [5.74, 6) is 1.20. The molecule has 1 atom stereocenters. The summed E-state index contributed by atoms with van der Waals surface area (Å²) < 4.78 is 21.6. The van der Waals surface area contributed by atoms with E-state index in [1.807, 2.05) is 41.8 Å². The molecule has 1 unspecified atom stereocenters. The van der Waals surface area contributed by atoms with Crippen LogP contribution in [0.25, 0.3) is 5.69 Å². The van der Waals surface area contributed by atoms with Crippen LogP contribution < -0.4 is 0 Å². The van der Waals surface area contributed by atoms with Gasteiger partial charge in [0.05, 0.1) is 17.7 Å². The number of benzene rings is 2. The molecule has 2 heterocycles. The quantitative estimate of drug-likeness (QED) is 0.509. The molecule has 0 amide bonds. The van der Waals surface area contributed by atoms with Gasteiger partial charge in [0.25, 0.3) is 0 Å². The Morgan fingerprint density at radius 1 is 1.18 bits per heavy atom. The first-order valence-electron chi connectivity index (χ1n) is 9.18. The molecule has 5 rings (SSSR count). The summed E-state index contributed by atoms with van der Waals surface area (Å²) in [6.45, 7) is 2.60. The van der Waals surface area contributed by atoms with Gasteiger partial charge >= 0.3 is 0 Å². The number of carbonyl (C=O) groups is 1. The van der Waals surface area contributed by atoms with Gasteiger partial charge in [-0.1, -0.05) is 30.4 Å². The fourth-order valence-corrected chi connectivity index (χ4v) is 4.38. The van der Waals surface area contributed by atoms with Gasteiger partial charge in [0, 0.05) is 5.56 Å². The number of hydrogen-bond donors (Lipinski definition) is 0. The lowest BCUT2D eigenvalue weighted by Gasteiger charge is -2.33. The molecule has 5 nitrogen and oxygen atoms in total. The van der Waals surface area contributed by atoms with Crippen LogP contribution in [-0.4, -0.2) is 21.1 Å². The van der Waals surface area contributed by atoms with Crippen molar-refractivity contribution in [1.29, 1.82) is 0 Å². The van der Waals surface area contributed by atoms with E-state index in [1.54, 1.807) is 6.07 Å². The topological polar surface area (TPSA) is 57.0 Å². The third-order valence-corrected chi connectivity index (χ3v) is 5.62. The van der Waals surface area contributed by atoms with E-state index in [-0.39, 0.29) is 5.82 Å². The molecule has 140 valence electrons. The summed E-state index contributed by atoms with van der Waals surface area (Å²) in [7, 11) is 0. The molecule has 0 radical (unpaired) electrons. The lowest BCUT2D eigenvalue weighted by atomic mass is 9.69. The molecule has 0 N–H and O–H groups in total. The Morgan fingerprint density at radius 2 is 2.07 bits per heavy atom. The van der Waals surface area contributed by atoms with Crippen LogP contribution in [0.1, 0.15) is 33.9 Å². The standard InChI is InChI=1S/C22H18FN3O2/c1-14-24-25-21-12-28-11-17-19(5-2-6-20(17)26(14)21)22(13-27)9-3-4-15-10-16(23)7-8-18(15)22/h2-3,5-10,13H,4,11-12H2,1H3. The monoisotopic (exact) mass is 375 g/mol. The molecule has 0 spiro atoms. The number of fused-ring (bicyclic) bond motifs is 4. The Bertz CT molecular complexity index is 1130. The number of nitrogens with zero attached hydrogens (tertiary/aromatic N) is 3. The van der Waals surface area contributed by atoms with Crippen molar-refractivity contribution in [3.8, 4) is 5.69 Å². The number of halogens is 1. The molecule has 3 aromatic rings. The van der Waals surface area contributed by atoms with E-state index >= 15 is 0 Å². The molecular formula is C22H18FN3O2. The molecule has 28 heavy (non-hydrogen) atoms. The lowest BCUT2D eigenvalue weighted by molar-refractivity contribution is -0.110. The second kappa shape index (κ2) is 6.21. The van der Waals surface area contributed by atoms with E-state index in [4.69, 9.17) is 4.74 Å². The fraction of sp³-hybridized carbons (Fsp3) is 0.227. The fourth-order valence-electron chi connectivity index (χ4n) is 4.38. The van der Waals surface area contributed by atoms with Crippen molar-refractivity contribution in [2.24, 2.45) is 0 Å². The highest BCUT2D eigenvalue weighted by molar-refractivity contribution is 5.82. The molecule has 6 heteroatoms. The Kier molecular flexibility index (Phi) is 3.77. The summed E-state index contributed by atoms with van der Waals surface area (Å²) in [6.07, 6.45) is 5.39. The first-order valence-corrected chi connectivity index (χ1v) is 9.18. The summed E-state index contributed by atoms with van der Waals surface area (Å²) >= 11 is 0. The molecule has 0 saturated carbocycles. The van der Waals surface area contributed by atoms with Crippen molar-refractivity contribution in [3.63, 3.8) is 0 Å². The summed E-state index contributed by atoms with van der Waals surface area (Å²) in [5, 5.41) is 8.38. The van der Waals surface area contributed by atoms with Crippen LogP contribution in [0.4, 0.5) is 4.39 Å². The predicted octanol–water partition coefficient (Wildman–Crippen LogP) is 3.34. The number of aldehydes is 1. The maximum absolute atomic E-state index is 13.8. The first-order chi connectivity index (χ1) is 13.6. The summed E-state index contributed by atoms with van der Waals surface area (Å²) in [6, 6.07) is 10.5. The molecule has 2 aliphatic rings. The van der Waals surface area contributed by atoms with Crippen LogP contribution in [0.5, 0.6) is 0 Å². The van der Waals surface area contributed by atoms with E-state index < -0.39 is 5.41 Å². The molecule has 2 aromatic carbocycles. The van der Waals surface area contributed by atoms with E-state index in [9.17, 15) is 9.18 Å². The second-order valence-corrected chi connectivity index (χ2v) is 7.19. The van der Waals surface area contributed by atoms with Gasteiger partial charge in [0.15, 0.2) is 5.82 Å². The summed E-state index contributed by atoms with van der Waals surface area (Å²) in [4.78, 5) is 12.5. The number of rotatable bonds is 2. The van der Waals surface area contributed by atoms with Gasteiger partial charge in [-0.15, -0.1) is 10.2 Å². The third-order valence-electron chi connectivity index (χ3n) is 5.62. The summed E-state index contributed by atoms with van der Waals surface area (Å²) in [5.41, 5.74) is 3.31. The van der Waals surface area contributed by atoms with Crippen LogP contribution in [0.3, 0.4) is 0 Å². The number of allylic oxidation sites excluding steroid dienone is 2. The van der Waals surface area contributed by atoms with Crippen molar-refractivity contribution >= 4 is 6.29 Å². The molecule has 1 aliphatic heterocycles. The molecular weight excluding hydrogens is 357 g/mol. The van der Waals surface area contributed by atoms with E-state index in [0.717, 1.165) is 45.9 Å². The van der Waals surface area contributed by atoms with Gasteiger partial charge < -0.3 is 9.53 Å². The largest absolute Gasteiger partial charge is 0.369 e. The van der Waals surface area contributed by atoms with Crippen molar-refractivity contribution in [2.75, 3.05) is 0 Å². The Balaban J connectivity index is 1.80. The number of carbonyl (C=O) groups excluding carboxylic acids is 1. The molecule has 0 fully saturated rings. The molecule has 1 aromatic heterocycles. The molecule has 0 saturated heterocycles. The van der Waals surface area contributed by atoms with E-state index in [0.29, 0.717) is 19.6 Å². The normalized spacial score (nSPS) is 20.1. The van der Waals surface area contributed by atoms with Gasteiger partial charge in [0.2, 0.25) is 0 Å². The highest BCUT2D eigenvalue weighted by atomic mass is 19.1. The second-order valence-electron chi connectivity index (χ2n) is 7.19. The highest BCUT2D eigenvalue weighted by Crippen LogP contribution is 2.41. The number of ether oxygens (including phenoxy) is 1. The van der Waals surface area contributed by atoms with Crippen molar-refractivity contribution in [3.05, 3.63) is 88.3 Å². The number of aromatic nitrogens is 3. The average molecular weight is 375 g/mol. The van der Waals surface area contributed by atoms with Crippen LogP contribution in [0, 0.1) is 12.7 Å². The zero-order valence-corrected chi connectivity index (χ0v) is 15.4. The van der Waals surface area contributed by atoms with Crippen LogP contribution in [0.15, 0.2) is 48.6 Å². The maximum Gasteiger partial charge on any atom is 0.163 e. The minimum atomic E-state index is -0.984. The van der Waals surface area contributed by atoms with Crippen LogP contribution in [-0.2, 0) is 34.6 Å². The maximum atomic E-state index is 13.8. The van der Waals surface area contributed by atoms with Gasteiger partial charge in [-0.2, -0.15) is 0 Å². The van der Waals surface area contributed by atoms with Crippen LogP contribution >= 0.6 is 0 Å². The van der Waals surface area contributed by atoms with Crippen molar-refractivity contribution in [1.82, 2.24) is 14.8 Å². The zero-order valence-electron chi connectivity index (χ0n) is 15.4. The van der Waals surface area contributed by atoms with Gasteiger partial charge in [-0.05, 0) is 48.2 Å². The average Bonchev–Trinajstić information content (AvgIpc) is 2.96. The molecule has 0 bridgehead atoms. The Morgan fingerprint density at radius 3 is 2.93 bits per heavy atom. The minimum absolute atomic E-state index is 0.297. The lowest BCUT2D eigenvalue weighted by Crippen LogP contribution is -2.32. The van der Waals surface area contributed by atoms with E-state index in [2.05, 4.69) is 10.2 Å². The van der Waals surface area contributed by atoms with Crippen LogP contribution in [0.2, 0.25) is 0 Å². The minimum Gasteiger partial charge on any atom is -0.369 e. The van der Waals surface area contributed by atoms with Crippen molar-refractivity contribution in [2.45, 2.75) is 32.0 Å². The third kappa shape index (κ3) is 2.31. The zero-order chi connectivity index (χ0) is 19.3.